The van der Waals surface area contributed by atoms with Crippen molar-refractivity contribution in [3.05, 3.63) is 34.7 Å². The maximum Gasteiger partial charge on any atom is 0.337 e. The number of nitrogens with one attached hydrogen (secondary N) is 1. The lowest BCUT2D eigenvalue weighted by Crippen LogP contribution is -2.38. The predicted octanol–water partition coefficient (Wildman–Crippen LogP) is 1.22. The topological polar surface area (TPSA) is 49.3 Å². The van der Waals surface area contributed by atoms with Gasteiger partial charge in [0.15, 0.2) is 0 Å². The Labute approximate surface area is 134 Å². The molecule has 3 nitrogen and oxygen atoms in total. The maximum absolute atomic E-state index is 11.1. The predicted molar refractivity (Wildman–Crippen MR) is 93.1 cm³/mol. The molecule has 1 aromatic rings. The molecule has 5 heteroatoms. The Hall–Kier alpha value is -1.43. The summed E-state index contributed by atoms with van der Waals surface area (Å²) in [6.07, 6.45) is 5.95. The van der Waals surface area contributed by atoms with Crippen molar-refractivity contribution >= 4 is 51.8 Å². The second-order valence-electron chi connectivity index (χ2n) is 4.92. The molecule has 0 saturated carbocycles. The zero-order valence-corrected chi connectivity index (χ0v) is 13.2. The van der Waals surface area contributed by atoms with Crippen molar-refractivity contribution in [2.75, 3.05) is 13.1 Å². The number of hydrogen-bond acceptors (Lipinski definition) is 4. The number of benzene rings is 1. The van der Waals surface area contributed by atoms with Crippen LogP contribution in [0.4, 0.5) is 0 Å². The molecule has 0 bridgehead atoms. The van der Waals surface area contributed by atoms with E-state index >= 15 is 0 Å². The lowest BCUT2D eigenvalue weighted by Gasteiger charge is -2.08. The van der Waals surface area contributed by atoms with Gasteiger partial charge < -0.3 is 10.4 Å². The monoisotopic (exact) mass is 319 g/mol. The first-order valence-electron chi connectivity index (χ1n) is 6.95. The van der Waals surface area contributed by atoms with Crippen LogP contribution in [0, 0.1) is 0 Å². The second-order valence-corrected chi connectivity index (χ2v) is 5.76. The van der Waals surface area contributed by atoms with E-state index in [2.05, 4.69) is 5.32 Å². The van der Waals surface area contributed by atoms with Crippen LogP contribution < -0.4 is 15.8 Å². The van der Waals surface area contributed by atoms with E-state index in [9.17, 15) is 4.79 Å². The molecule has 2 N–H and O–H groups in total. The first-order chi connectivity index (χ1) is 10.1. The van der Waals surface area contributed by atoms with Gasteiger partial charge in [-0.3, -0.25) is 0 Å². The Morgan fingerprint density at radius 2 is 1.76 bits per heavy atom. The third-order valence-corrected chi connectivity index (χ3v) is 4.26. The zero-order chi connectivity index (χ0) is 15.2. The van der Waals surface area contributed by atoms with Crippen LogP contribution in [0.3, 0.4) is 0 Å². The van der Waals surface area contributed by atoms with Gasteiger partial charge in [0.05, 0.1) is 15.3 Å². The summed E-state index contributed by atoms with van der Waals surface area (Å²) in [6.45, 7) is 2.50. The molecule has 110 valence electrons. The molecule has 1 aromatic carbocycles. The normalized spacial score (nSPS) is 17.2. The van der Waals surface area contributed by atoms with Crippen molar-refractivity contribution in [3.8, 4) is 0 Å². The van der Waals surface area contributed by atoms with E-state index in [0.29, 0.717) is 10.1 Å². The first-order valence-corrected chi connectivity index (χ1v) is 7.76. The Morgan fingerprint density at radius 1 is 1.10 bits per heavy atom. The van der Waals surface area contributed by atoms with E-state index in [1.807, 2.05) is 12.1 Å². The molecular weight excluding hydrogens is 302 g/mol. The van der Waals surface area contributed by atoms with E-state index in [1.54, 1.807) is 18.2 Å². The lowest BCUT2D eigenvalue weighted by molar-refractivity contribution is -0.130. The summed E-state index contributed by atoms with van der Waals surface area (Å²) in [5.41, 5.74) is 0.133. The van der Waals surface area contributed by atoms with Crippen molar-refractivity contribution in [1.29, 1.82) is 0 Å². The van der Waals surface area contributed by atoms with Crippen molar-refractivity contribution in [2.45, 2.75) is 19.3 Å². The van der Waals surface area contributed by atoms with Crippen LogP contribution in [0.25, 0.3) is 11.6 Å². The Bertz CT molecular complexity index is 679. The molecule has 0 radical (unpaired) electrons. The van der Waals surface area contributed by atoms with Gasteiger partial charge in [-0.1, -0.05) is 55.1 Å². The third kappa shape index (κ3) is 4.03. The van der Waals surface area contributed by atoms with Gasteiger partial charge in [0.2, 0.25) is 0 Å². The molecule has 0 unspecified atom stereocenters. The van der Waals surface area contributed by atoms with E-state index < -0.39 is 5.97 Å². The minimum absolute atomic E-state index is 0.133. The minimum Gasteiger partial charge on any atom is -0.478 e. The quantitative estimate of drug-likeness (QED) is 0.762. The van der Waals surface area contributed by atoms with Crippen molar-refractivity contribution in [2.24, 2.45) is 0 Å². The van der Waals surface area contributed by atoms with Crippen LogP contribution in [-0.4, -0.2) is 33.9 Å². The highest BCUT2D eigenvalue weighted by Gasteiger charge is 2.20. The van der Waals surface area contributed by atoms with E-state index in [1.165, 1.54) is 32.4 Å². The number of piperidine rings is 1. The van der Waals surface area contributed by atoms with Gasteiger partial charge >= 0.3 is 5.97 Å². The molecule has 1 fully saturated rings. The van der Waals surface area contributed by atoms with Gasteiger partial charge in [-0.05, 0) is 42.4 Å². The standard InChI is InChI=1S/C11H6O2S2.C5H11N/c12-11(13)9-7-4-2-1-3-6(7)5-8(14)10(9)15;1-2-4-6-5-3-1/h1-5H,(H,12,13);6H,1-5H2. The highest BCUT2D eigenvalue weighted by Crippen LogP contribution is 2.05. The summed E-state index contributed by atoms with van der Waals surface area (Å²) in [6, 6.07) is 7.19. The Kier molecular flexibility index (Phi) is 5.73. The smallest absolute Gasteiger partial charge is 0.337 e. The fourth-order valence-electron chi connectivity index (χ4n) is 2.32. The van der Waals surface area contributed by atoms with Gasteiger partial charge in [0, 0.05) is 0 Å². The number of hydrogen-bond donors (Lipinski definition) is 2. The fraction of sp³-hybridized carbons (Fsp3) is 0.312. The average molecular weight is 319 g/mol. The number of carbonyl (C=O) groups is 1. The zero-order valence-electron chi connectivity index (χ0n) is 11.6. The lowest BCUT2D eigenvalue weighted by atomic mass is 9.99. The molecule has 3 rings (SSSR count). The van der Waals surface area contributed by atoms with E-state index in [0.717, 1.165) is 5.22 Å². The number of carboxylic acid groups (broad SMARTS) is 1. The first kappa shape index (κ1) is 15.9. The number of thiocarbonyl (C=S) groups is 2. The van der Waals surface area contributed by atoms with Gasteiger partial charge in [0.25, 0.3) is 0 Å². The van der Waals surface area contributed by atoms with Crippen LogP contribution in [0.1, 0.15) is 19.3 Å². The summed E-state index contributed by atoms with van der Waals surface area (Å²) >= 11 is 10.0. The maximum atomic E-state index is 11.1. The Morgan fingerprint density at radius 3 is 2.29 bits per heavy atom. The summed E-state index contributed by atoms with van der Waals surface area (Å²) in [4.78, 5) is 11.7. The summed E-state index contributed by atoms with van der Waals surface area (Å²) in [5.74, 6) is -1.03. The van der Waals surface area contributed by atoms with Gasteiger partial charge in [-0.25, -0.2) is 4.79 Å². The molecule has 0 atom stereocenters. The molecule has 1 saturated heterocycles. The SMILES string of the molecule is C1CCNCC1.O=C(O)C1=c2ccccc2=CC(=S)C1=S. The summed E-state index contributed by atoms with van der Waals surface area (Å²) < 4.78 is 0. The molecule has 1 heterocycles. The number of aliphatic carboxylic acids is 1. The number of rotatable bonds is 1. The molecular formula is C16H17NO2S2. The van der Waals surface area contributed by atoms with Crippen LogP contribution in [0.5, 0.6) is 0 Å². The molecule has 21 heavy (non-hydrogen) atoms. The van der Waals surface area contributed by atoms with Crippen LogP contribution in [0.15, 0.2) is 24.3 Å². The molecule has 0 aromatic heterocycles. The third-order valence-electron chi connectivity index (χ3n) is 3.39. The van der Waals surface area contributed by atoms with Crippen LogP contribution >= 0.6 is 24.4 Å². The Balaban J connectivity index is 0.000000225. The van der Waals surface area contributed by atoms with Gasteiger partial charge in [-0.2, -0.15) is 0 Å². The molecule has 0 spiro atoms. The minimum atomic E-state index is -1.03. The van der Waals surface area contributed by atoms with E-state index in [-0.39, 0.29) is 10.4 Å². The molecule has 1 aliphatic heterocycles. The van der Waals surface area contributed by atoms with Crippen molar-refractivity contribution < 1.29 is 9.90 Å². The second kappa shape index (κ2) is 7.54. The molecule has 1 aliphatic carbocycles. The van der Waals surface area contributed by atoms with Crippen molar-refractivity contribution in [3.63, 3.8) is 0 Å². The van der Waals surface area contributed by atoms with Gasteiger partial charge in [-0.15, -0.1) is 0 Å². The van der Waals surface area contributed by atoms with E-state index in [4.69, 9.17) is 29.5 Å². The van der Waals surface area contributed by atoms with Crippen LogP contribution in [-0.2, 0) is 4.79 Å². The molecule has 2 aliphatic rings. The highest BCUT2D eigenvalue weighted by molar-refractivity contribution is 7.91. The summed E-state index contributed by atoms with van der Waals surface area (Å²) in [5, 5.41) is 13.8. The summed E-state index contributed by atoms with van der Waals surface area (Å²) in [7, 11) is 0. The largest absolute Gasteiger partial charge is 0.478 e. The fourth-order valence-corrected chi connectivity index (χ4v) is 2.80. The van der Waals surface area contributed by atoms with Crippen LogP contribution in [0.2, 0.25) is 0 Å². The number of fused-ring (bicyclic) bond motifs is 1. The van der Waals surface area contributed by atoms with Gasteiger partial charge in [0.1, 0.15) is 0 Å². The highest BCUT2D eigenvalue weighted by atomic mass is 32.1. The number of carboxylic acids is 1. The average Bonchev–Trinajstić information content (AvgIpc) is 2.50. The van der Waals surface area contributed by atoms with Crippen molar-refractivity contribution in [1.82, 2.24) is 5.32 Å². The molecule has 0 amide bonds.